The van der Waals surface area contributed by atoms with Crippen LogP contribution in [-0.4, -0.2) is 38.2 Å². The van der Waals surface area contributed by atoms with Gasteiger partial charge in [0.1, 0.15) is 5.52 Å². The highest BCUT2D eigenvalue weighted by Gasteiger charge is 2.37. The summed E-state index contributed by atoms with van der Waals surface area (Å²) < 4.78 is 1.79. The van der Waals surface area contributed by atoms with Gasteiger partial charge in [0.2, 0.25) is 0 Å². The van der Waals surface area contributed by atoms with E-state index in [-0.39, 0.29) is 12.5 Å². The first-order valence-corrected chi connectivity index (χ1v) is 6.94. The number of benzene rings is 1. The molecule has 6 heteroatoms. The van der Waals surface area contributed by atoms with E-state index in [9.17, 15) is 9.90 Å². The Hall–Kier alpha value is -1.95. The van der Waals surface area contributed by atoms with Crippen LogP contribution >= 0.6 is 0 Å². The number of aromatic nitrogens is 3. The molecule has 0 aliphatic heterocycles. The van der Waals surface area contributed by atoms with Crippen LogP contribution in [0.2, 0.25) is 0 Å². The summed E-state index contributed by atoms with van der Waals surface area (Å²) in [4.78, 5) is 12.3. The zero-order chi connectivity index (χ0) is 14.2. The van der Waals surface area contributed by atoms with Gasteiger partial charge in [-0.3, -0.25) is 4.79 Å². The monoisotopic (exact) mass is 274 g/mol. The van der Waals surface area contributed by atoms with Gasteiger partial charge in [-0.15, -0.1) is 5.10 Å². The Morgan fingerprint density at radius 2 is 2.30 bits per heavy atom. The van der Waals surface area contributed by atoms with Crippen LogP contribution in [-0.2, 0) is 6.54 Å². The molecule has 1 aliphatic carbocycles. The number of aryl methyl sites for hydroxylation is 1. The molecule has 1 fully saturated rings. The molecule has 0 spiro atoms. The third-order valence-electron chi connectivity index (χ3n) is 4.07. The van der Waals surface area contributed by atoms with Crippen LogP contribution in [0.15, 0.2) is 18.2 Å². The summed E-state index contributed by atoms with van der Waals surface area (Å²) in [5, 5.41) is 20.4. The molecule has 106 valence electrons. The lowest BCUT2D eigenvalue weighted by atomic mass is 9.77. The number of nitrogens with one attached hydrogen (secondary N) is 1. The lowest BCUT2D eigenvalue weighted by molar-refractivity contribution is 0.0642. The van der Waals surface area contributed by atoms with E-state index in [1.807, 2.05) is 13.0 Å². The summed E-state index contributed by atoms with van der Waals surface area (Å²) in [6, 6.07) is 5.38. The Kier molecular flexibility index (Phi) is 3.17. The summed E-state index contributed by atoms with van der Waals surface area (Å²) in [5.74, 6) is -0.160. The van der Waals surface area contributed by atoms with Gasteiger partial charge in [0, 0.05) is 12.1 Å². The first kappa shape index (κ1) is 13.1. The highest BCUT2D eigenvalue weighted by molar-refractivity contribution is 5.97. The first-order valence-electron chi connectivity index (χ1n) is 6.94. The van der Waals surface area contributed by atoms with Crippen molar-refractivity contribution in [3.8, 4) is 0 Å². The number of hydrogen-bond acceptors (Lipinski definition) is 4. The molecule has 20 heavy (non-hydrogen) atoms. The lowest BCUT2D eigenvalue weighted by Gasteiger charge is -2.40. The topological polar surface area (TPSA) is 80.0 Å². The minimum Gasteiger partial charge on any atom is -0.394 e. The van der Waals surface area contributed by atoms with Gasteiger partial charge in [-0.1, -0.05) is 5.21 Å². The number of aliphatic hydroxyl groups is 1. The third kappa shape index (κ3) is 2.06. The van der Waals surface area contributed by atoms with Crippen molar-refractivity contribution in [2.45, 2.75) is 38.3 Å². The van der Waals surface area contributed by atoms with Crippen LogP contribution in [0.3, 0.4) is 0 Å². The summed E-state index contributed by atoms with van der Waals surface area (Å²) in [5.41, 5.74) is 1.77. The van der Waals surface area contributed by atoms with Crippen molar-refractivity contribution in [2.24, 2.45) is 0 Å². The highest BCUT2D eigenvalue weighted by Crippen LogP contribution is 2.31. The van der Waals surface area contributed by atoms with E-state index >= 15 is 0 Å². The van der Waals surface area contributed by atoms with Gasteiger partial charge in [0.05, 0.1) is 17.7 Å². The summed E-state index contributed by atoms with van der Waals surface area (Å²) >= 11 is 0. The molecule has 1 amide bonds. The van der Waals surface area contributed by atoms with Crippen LogP contribution in [0.4, 0.5) is 0 Å². The molecule has 3 rings (SSSR count). The van der Waals surface area contributed by atoms with E-state index < -0.39 is 5.54 Å². The van der Waals surface area contributed by atoms with Gasteiger partial charge in [-0.2, -0.15) is 0 Å². The van der Waals surface area contributed by atoms with Crippen LogP contribution in [0.1, 0.15) is 36.5 Å². The molecule has 6 nitrogen and oxygen atoms in total. The predicted molar refractivity (Wildman–Crippen MR) is 74.3 cm³/mol. The van der Waals surface area contributed by atoms with Crippen molar-refractivity contribution in [2.75, 3.05) is 6.61 Å². The number of amides is 1. The first-order chi connectivity index (χ1) is 9.67. The average Bonchev–Trinajstić information content (AvgIpc) is 2.84. The predicted octanol–water partition coefficient (Wildman–Crippen LogP) is 1.10. The Morgan fingerprint density at radius 1 is 1.50 bits per heavy atom. The Balaban J connectivity index is 1.84. The minimum absolute atomic E-state index is 0.00694. The van der Waals surface area contributed by atoms with E-state index in [4.69, 9.17) is 0 Å². The second kappa shape index (κ2) is 4.86. The standard InChI is InChI=1S/C14H18N4O2/c1-2-18-12-5-4-10(8-11(12)16-17-18)13(20)15-14(9-19)6-3-7-14/h4-5,8,19H,2-3,6-7,9H2,1H3,(H,15,20). The Labute approximate surface area is 116 Å². The van der Waals surface area contributed by atoms with Gasteiger partial charge in [-0.05, 0) is 44.4 Å². The maximum Gasteiger partial charge on any atom is 0.251 e. The van der Waals surface area contributed by atoms with E-state index in [0.29, 0.717) is 11.1 Å². The fourth-order valence-electron chi connectivity index (χ4n) is 2.59. The SMILES string of the molecule is CCn1nnc2cc(C(=O)NC3(CO)CCC3)ccc21. The molecule has 1 aromatic carbocycles. The fraction of sp³-hybridized carbons (Fsp3) is 0.500. The Bertz CT molecular complexity index is 640. The van der Waals surface area contributed by atoms with Gasteiger partial charge >= 0.3 is 0 Å². The number of hydrogen-bond donors (Lipinski definition) is 2. The maximum atomic E-state index is 12.3. The molecule has 1 aromatic heterocycles. The normalized spacial score (nSPS) is 16.9. The zero-order valence-corrected chi connectivity index (χ0v) is 11.5. The van der Waals surface area contributed by atoms with Gasteiger partial charge in [0.15, 0.2) is 0 Å². The summed E-state index contributed by atoms with van der Waals surface area (Å²) in [6.45, 7) is 2.74. The van der Waals surface area contributed by atoms with Crippen molar-refractivity contribution in [3.63, 3.8) is 0 Å². The molecule has 0 unspecified atom stereocenters. The third-order valence-corrected chi connectivity index (χ3v) is 4.07. The summed E-state index contributed by atoms with van der Waals surface area (Å²) in [7, 11) is 0. The lowest BCUT2D eigenvalue weighted by Crippen LogP contribution is -2.56. The molecule has 0 radical (unpaired) electrons. The van der Waals surface area contributed by atoms with Crippen molar-refractivity contribution in [1.29, 1.82) is 0 Å². The molecule has 1 aliphatic rings. The van der Waals surface area contributed by atoms with Gasteiger partial charge < -0.3 is 10.4 Å². The fourth-order valence-corrected chi connectivity index (χ4v) is 2.59. The van der Waals surface area contributed by atoms with E-state index in [2.05, 4.69) is 15.6 Å². The molecule has 2 aromatic rings. The quantitative estimate of drug-likeness (QED) is 0.874. The number of carbonyl (C=O) groups is 1. The second-order valence-electron chi connectivity index (χ2n) is 5.35. The second-order valence-corrected chi connectivity index (χ2v) is 5.35. The van der Waals surface area contributed by atoms with Gasteiger partial charge in [-0.25, -0.2) is 4.68 Å². The van der Waals surface area contributed by atoms with Gasteiger partial charge in [0.25, 0.3) is 5.91 Å². The van der Waals surface area contributed by atoms with E-state index in [1.165, 1.54) is 0 Å². The van der Waals surface area contributed by atoms with Crippen LogP contribution in [0.25, 0.3) is 11.0 Å². The molecular weight excluding hydrogens is 256 g/mol. The number of nitrogens with zero attached hydrogens (tertiary/aromatic N) is 3. The molecule has 2 N–H and O–H groups in total. The smallest absolute Gasteiger partial charge is 0.251 e. The van der Waals surface area contributed by atoms with E-state index in [1.54, 1.807) is 16.8 Å². The van der Waals surface area contributed by atoms with Crippen molar-refractivity contribution < 1.29 is 9.90 Å². The van der Waals surface area contributed by atoms with Crippen molar-refractivity contribution in [1.82, 2.24) is 20.3 Å². The molecular formula is C14H18N4O2. The highest BCUT2D eigenvalue weighted by atomic mass is 16.3. The van der Waals surface area contributed by atoms with E-state index in [0.717, 1.165) is 31.3 Å². The number of carbonyl (C=O) groups excluding carboxylic acids is 1. The van der Waals surface area contributed by atoms with Crippen molar-refractivity contribution >= 4 is 16.9 Å². The van der Waals surface area contributed by atoms with Crippen LogP contribution in [0.5, 0.6) is 0 Å². The largest absolute Gasteiger partial charge is 0.394 e. The van der Waals surface area contributed by atoms with Crippen LogP contribution in [0, 0.1) is 0 Å². The zero-order valence-electron chi connectivity index (χ0n) is 11.5. The molecule has 1 saturated carbocycles. The molecule has 0 bridgehead atoms. The Morgan fingerprint density at radius 3 is 2.90 bits per heavy atom. The number of fused-ring (bicyclic) bond motifs is 1. The molecule has 0 atom stereocenters. The summed E-state index contributed by atoms with van der Waals surface area (Å²) in [6.07, 6.45) is 2.72. The van der Waals surface area contributed by atoms with Crippen LogP contribution < -0.4 is 5.32 Å². The number of aliphatic hydroxyl groups excluding tert-OH is 1. The maximum absolute atomic E-state index is 12.3. The average molecular weight is 274 g/mol. The minimum atomic E-state index is -0.424. The van der Waals surface area contributed by atoms with Crippen molar-refractivity contribution in [3.05, 3.63) is 23.8 Å². The molecule has 0 saturated heterocycles. The molecule has 1 heterocycles. The number of rotatable bonds is 4.